The summed E-state index contributed by atoms with van der Waals surface area (Å²) in [5.41, 5.74) is 3.67. The number of hydrogen-bond donors (Lipinski definition) is 3. The molecule has 7 heteroatoms. The highest BCUT2D eigenvalue weighted by Crippen LogP contribution is 2.30. The normalized spacial score (nSPS) is 19.3. The van der Waals surface area contributed by atoms with E-state index in [-0.39, 0.29) is 6.04 Å². The van der Waals surface area contributed by atoms with E-state index in [1.807, 2.05) is 17.7 Å². The number of aliphatic imine (C=N–C) groups is 1. The SMILES string of the molecule is CN=C(NCc1c(O)ccc2c1CCCC2)NC1CCCn2nc(C)nc21. The van der Waals surface area contributed by atoms with Gasteiger partial charge in [-0.15, -0.1) is 0 Å². The lowest BCUT2D eigenvalue weighted by Gasteiger charge is -2.26. The van der Waals surface area contributed by atoms with Crippen LogP contribution < -0.4 is 10.6 Å². The molecule has 0 spiro atoms. The summed E-state index contributed by atoms with van der Waals surface area (Å²) < 4.78 is 1.99. The topological polar surface area (TPSA) is 87.4 Å². The second-order valence-corrected chi connectivity index (χ2v) is 7.41. The summed E-state index contributed by atoms with van der Waals surface area (Å²) in [4.78, 5) is 8.95. The summed E-state index contributed by atoms with van der Waals surface area (Å²) in [7, 11) is 1.77. The number of rotatable bonds is 3. The lowest BCUT2D eigenvalue weighted by Crippen LogP contribution is -2.41. The molecule has 2 aliphatic rings. The van der Waals surface area contributed by atoms with Crippen molar-refractivity contribution < 1.29 is 5.11 Å². The van der Waals surface area contributed by atoms with Crippen LogP contribution in [0.4, 0.5) is 0 Å². The Kier molecular flexibility index (Phi) is 5.01. The monoisotopic (exact) mass is 368 g/mol. The fraction of sp³-hybridized carbons (Fsp3) is 0.550. The highest BCUT2D eigenvalue weighted by atomic mass is 16.3. The van der Waals surface area contributed by atoms with Crippen LogP contribution >= 0.6 is 0 Å². The number of aromatic hydroxyl groups is 1. The molecule has 3 N–H and O–H groups in total. The van der Waals surface area contributed by atoms with Crippen LogP contribution in [-0.2, 0) is 25.9 Å². The van der Waals surface area contributed by atoms with Gasteiger partial charge < -0.3 is 15.7 Å². The molecular formula is C20H28N6O. The summed E-state index contributed by atoms with van der Waals surface area (Å²) in [5, 5.41) is 21.7. The number of aromatic nitrogens is 3. The van der Waals surface area contributed by atoms with Gasteiger partial charge in [0.2, 0.25) is 0 Å². The van der Waals surface area contributed by atoms with Gasteiger partial charge in [-0.1, -0.05) is 6.07 Å². The molecule has 1 unspecified atom stereocenters. The van der Waals surface area contributed by atoms with E-state index in [1.54, 1.807) is 7.05 Å². The second kappa shape index (κ2) is 7.58. The molecular weight excluding hydrogens is 340 g/mol. The first kappa shape index (κ1) is 17.8. The maximum Gasteiger partial charge on any atom is 0.191 e. The first-order valence-electron chi connectivity index (χ1n) is 9.87. The molecule has 1 aliphatic carbocycles. The molecule has 0 amide bonds. The van der Waals surface area contributed by atoms with Crippen LogP contribution in [0, 0.1) is 6.92 Å². The van der Waals surface area contributed by atoms with Crippen molar-refractivity contribution in [2.24, 2.45) is 4.99 Å². The summed E-state index contributed by atoms with van der Waals surface area (Å²) in [6.07, 6.45) is 6.63. The molecule has 0 fully saturated rings. The quantitative estimate of drug-likeness (QED) is 0.572. The van der Waals surface area contributed by atoms with Crippen LogP contribution in [0.5, 0.6) is 5.75 Å². The van der Waals surface area contributed by atoms with Gasteiger partial charge >= 0.3 is 0 Å². The van der Waals surface area contributed by atoms with Gasteiger partial charge in [0.05, 0.1) is 6.04 Å². The van der Waals surface area contributed by atoms with Crippen LogP contribution in [0.1, 0.15) is 60.1 Å². The lowest BCUT2D eigenvalue weighted by molar-refractivity contribution is 0.397. The molecule has 1 atom stereocenters. The Morgan fingerprint density at radius 1 is 1.30 bits per heavy atom. The van der Waals surface area contributed by atoms with Crippen LogP contribution in [-0.4, -0.2) is 32.9 Å². The van der Waals surface area contributed by atoms with Gasteiger partial charge in [0.15, 0.2) is 5.96 Å². The van der Waals surface area contributed by atoms with Crippen molar-refractivity contribution in [2.75, 3.05) is 7.05 Å². The van der Waals surface area contributed by atoms with Crippen LogP contribution in [0.2, 0.25) is 0 Å². The Labute approximate surface area is 159 Å². The van der Waals surface area contributed by atoms with Crippen molar-refractivity contribution in [1.82, 2.24) is 25.4 Å². The molecule has 1 aromatic heterocycles. The minimum atomic E-state index is 0.101. The number of nitrogens with one attached hydrogen (secondary N) is 2. The first-order chi connectivity index (χ1) is 13.2. The van der Waals surface area contributed by atoms with Gasteiger partial charge in [-0.25, -0.2) is 9.67 Å². The van der Waals surface area contributed by atoms with E-state index in [1.165, 1.54) is 24.0 Å². The highest BCUT2D eigenvalue weighted by molar-refractivity contribution is 5.80. The molecule has 7 nitrogen and oxygen atoms in total. The third-order valence-corrected chi connectivity index (χ3v) is 5.57. The molecule has 0 bridgehead atoms. The molecule has 1 aliphatic heterocycles. The van der Waals surface area contributed by atoms with E-state index >= 15 is 0 Å². The molecule has 0 saturated carbocycles. The van der Waals surface area contributed by atoms with Crippen molar-refractivity contribution in [3.63, 3.8) is 0 Å². The van der Waals surface area contributed by atoms with E-state index < -0.39 is 0 Å². The summed E-state index contributed by atoms with van der Waals surface area (Å²) >= 11 is 0. The van der Waals surface area contributed by atoms with Crippen LogP contribution in [0.15, 0.2) is 17.1 Å². The number of guanidine groups is 1. The van der Waals surface area contributed by atoms with Gasteiger partial charge in [0.25, 0.3) is 0 Å². The predicted octanol–water partition coefficient (Wildman–Crippen LogP) is 2.37. The third kappa shape index (κ3) is 3.63. The van der Waals surface area contributed by atoms with Gasteiger partial charge in [-0.2, -0.15) is 5.10 Å². The number of phenolic OH excluding ortho intramolecular Hbond substituents is 1. The van der Waals surface area contributed by atoms with E-state index in [0.717, 1.165) is 55.4 Å². The number of aryl methyl sites for hydroxylation is 3. The Balaban J connectivity index is 1.47. The summed E-state index contributed by atoms with van der Waals surface area (Å²) in [5.74, 6) is 2.87. The second-order valence-electron chi connectivity index (χ2n) is 7.41. The Morgan fingerprint density at radius 3 is 3.00 bits per heavy atom. The minimum absolute atomic E-state index is 0.101. The first-order valence-corrected chi connectivity index (χ1v) is 9.87. The molecule has 27 heavy (non-hydrogen) atoms. The lowest BCUT2D eigenvalue weighted by atomic mass is 9.88. The fourth-order valence-corrected chi connectivity index (χ4v) is 4.23. The maximum absolute atomic E-state index is 10.4. The smallest absolute Gasteiger partial charge is 0.191 e. The minimum Gasteiger partial charge on any atom is -0.508 e. The van der Waals surface area contributed by atoms with E-state index in [4.69, 9.17) is 0 Å². The zero-order chi connectivity index (χ0) is 18.8. The van der Waals surface area contributed by atoms with Gasteiger partial charge in [0.1, 0.15) is 17.4 Å². The van der Waals surface area contributed by atoms with Crippen molar-refractivity contribution in [1.29, 1.82) is 0 Å². The molecule has 144 valence electrons. The number of hydrogen-bond acceptors (Lipinski definition) is 4. The Bertz CT molecular complexity index is 856. The van der Waals surface area contributed by atoms with Gasteiger partial charge in [-0.3, -0.25) is 4.99 Å². The zero-order valence-corrected chi connectivity index (χ0v) is 16.1. The maximum atomic E-state index is 10.4. The Hall–Kier alpha value is -2.57. The van der Waals surface area contributed by atoms with Crippen LogP contribution in [0.25, 0.3) is 0 Å². The molecule has 4 rings (SSSR count). The van der Waals surface area contributed by atoms with E-state index in [0.29, 0.717) is 12.3 Å². The number of phenols is 1. The van der Waals surface area contributed by atoms with Gasteiger partial charge in [-0.05, 0) is 62.6 Å². The average Bonchev–Trinajstić information content (AvgIpc) is 3.07. The molecule has 2 aromatic rings. The predicted molar refractivity (Wildman–Crippen MR) is 105 cm³/mol. The largest absolute Gasteiger partial charge is 0.508 e. The number of nitrogens with zero attached hydrogens (tertiary/aromatic N) is 4. The van der Waals surface area contributed by atoms with Crippen LogP contribution in [0.3, 0.4) is 0 Å². The number of benzene rings is 1. The fourth-order valence-electron chi connectivity index (χ4n) is 4.23. The summed E-state index contributed by atoms with van der Waals surface area (Å²) in [6, 6.07) is 3.99. The zero-order valence-electron chi connectivity index (χ0n) is 16.1. The summed E-state index contributed by atoms with van der Waals surface area (Å²) in [6.45, 7) is 3.41. The Morgan fingerprint density at radius 2 is 2.15 bits per heavy atom. The molecule has 1 aromatic carbocycles. The van der Waals surface area contributed by atoms with Gasteiger partial charge in [0, 0.05) is 25.7 Å². The van der Waals surface area contributed by atoms with E-state index in [2.05, 4.69) is 31.8 Å². The average molecular weight is 368 g/mol. The third-order valence-electron chi connectivity index (χ3n) is 5.57. The standard InChI is InChI=1S/C20H28N6O/c1-13-23-19-17(8-5-11-26(19)25-13)24-20(21-2)22-12-16-15-7-4-3-6-14(15)9-10-18(16)27/h9-10,17,27H,3-8,11-12H2,1-2H3,(H2,21,22,24). The van der Waals surface area contributed by atoms with Crippen molar-refractivity contribution >= 4 is 5.96 Å². The van der Waals surface area contributed by atoms with E-state index in [9.17, 15) is 5.11 Å². The van der Waals surface area contributed by atoms with Crippen molar-refractivity contribution in [2.45, 2.75) is 64.6 Å². The number of fused-ring (bicyclic) bond motifs is 2. The highest BCUT2D eigenvalue weighted by Gasteiger charge is 2.24. The molecule has 2 heterocycles. The molecule has 0 radical (unpaired) electrons. The van der Waals surface area contributed by atoms with Crippen molar-refractivity contribution in [3.8, 4) is 5.75 Å². The van der Waals surface area contributed by atoms with Crippen molar-refractivity contribution in [3.05, 3.63) is 40.5 Å². The molecule has 0 saturated heterocycles.